The first-order valence-electron chi connectivity index (χ1n) is 8.24. The standard InChI is InChI=1S/C17H19Cl2NO3S/c18-14-3-1-12(9-15(14)19)11-5-7-20(8-6-11)24(21,22)17-10-13-2-4-16(17)23-13/h1,3,5,9,13,16-17H,2,4,6-8,10H2. The highest BCUT2D eigenvalue weighted by Gasteiger charge is 2.49. The fourth-order valence-corrected chi connectivity index (χ4v) is 6.29. The molecule has 1 aromatic carbocycles. The minimum absolute atomic E-state index is 0.111. The molecule has 0 amide bonds. The number of benzene rings is 1. The molecule has 1 aromatic rings. The topological polar surface area (TPSA) is 46.6 Å². The Balaban J connectivity index is 1.50. The van der Waals surface area contributed by atoms with E-state index >= 15 is 0 Å². The van der Waals surface area contributed by atoms with Gasteiger partial charge in [0, 0.05) is 13.1 Å². The first-order chi connectivity index (χ1) is 11.4. The molecule has 4 nitrogen and oxygen atoms in total. The normalized spacial score (nSPS) is 30.6. The zero-order valence-electron chi connectivity index (χ0n) is 13.1. The zero-order chi connectivity index (χ0) is 16.9. The smallest absolute Gasteiger partial charge is 0.219 e. The maximum Gasteiger partial charge on any atom is 0.219 e. The fraction of sp³-hybridized carbons (Fsp3) is 0.529. The number of halogens is 2. The molecule has 130 valence electrons. The van der Waals surface area contributed by atoms with Gasteiger partial charge in [0.25, 0.3) is 0 Å². The van der Waals surface area contributed by atoms with Crippen LogP contribution in [0.15, 0.2) is 24.3 Å². The molecule has 0 aliphatic carbocycles. The second kappa shape index (κ2) is 6.29. The van der Waals surface area contributed by atoms with Crippen LogP contribution in [0.2, 0.25) is 10.0 Å². The Hall–Kier alpha value is -0.590. The van der Waals surface area contributed by atoms with Crippen molar-refractivity contribution in [3.63, 3.8) is 0 Å². The maximum absolute atomic E-state index is 12.9. The highest BCUT2D eigenvalue weighted by atomic mass is 35.5. The molecule has 0 radical (unpaired) electrons. The summed E-state index contributed by atoms with van der Waals surface area (Å²) in [7, 11) is -3.30. The lowest BCUT2D eigenvalue weighted by Crippen LogP contribution is -2.44. The van der Waals surface area contributed by atoms with Crippen molar-refractivity contribution in [2.75, 3.05) is 13.1 Å². The minimum Gasteiger partial charge on any atom is -0.374 e. The Morgan fingerprint density at radius 1 is 1.17 bits per heavy atom. The van der Waals surface area contributed by atoms with Gasteiger partial charge < -0.3 is 4.74 Å². The molecule has 0 spiro atoms. The third kappa shape index (κ3) is 2.90. The van der Waals surface area contributed by atoms with Gasteiger partial charge in [-0.3, -0.25) is 0 Å². The van der Waals surface area contributed by atoms with E-state index < -0.39 is 10.0 Å². The first kappa shape index (κ1) is 16.9. The lowest BCUT2D eigenvalue weighted by atomic mass is 10.0. The Morgan fingerprint density at radius 2 is 2.00 bits per heavy atom. The number of hydrogen-bond donors (Lipinski definition) is 0. The van der Waals surface area contributed by atoms with Gasteiger partial charge in [-0.25, -0.2) is 8.42 Å². The summed E-state index contributed by atoms with van der Waals surface area (Å²) < 4.78 is 33.1. The summed E-state index contributed by atoms with van der Waals surface area (Å²) >= 11 is 12.0. The summed E-state index contributed by atoms with van der Waals surface area (Å²) in [6.07, 6.45) is 5.20. The van der Waals surface area contributed by atoms with Crippen LogP contribution in [-0.2, 0) is 14.8 Å². The summed E-state index contributed by atoms with van der Waals surface area (Å²) in [6.45, 7) is 0.911. The monoisotopic (exact) mass is 387 g/mol. The Kier molecular flexibility index (Phi) is 4.42. The molecule has 4 rings (SSSR count). The van der Waals surface area contributed by atoms with Crippen LogP contribution in [0.4, 0.5) is 0 Å². The van der Waals surface area contributed by atoms with E-state index in [1.54, 1.807) is 10.4 Å². The van der Waals surface area contributed by atoms with Gasteiger partial charge in [0.15, 0.2) is 0 Å². The molecular formula is C17H19Cl2NO3S. The number of ether oxygens (including phenoxy) is 1. The van der Waals surface area contributed by atoms with Crippen LogP contribution >= 0.6 is 23.2 Å². The molecule has 3 unspecified atom stereocenters. The number of nitrogens with zero attached hydrogens (tertiary/aromatic N) is 1. The average molecular weight is 388 g/mol. The third-order valence-corrected chi connectivity index (χ3v) is 8.31. The van der Waals surface area contributed by atoms with Crippen LogP contribution in [0.1, 0.15) is 31.2 Å². The van der Waals surface area contributed by atoms with Gasteiger partial charge in [-0.2, -0.15) is 4.31 Å². The van der Waals surface area contributed by atoms with Crippen LogP contribution in [0, 0.1) is 0 Å². The van der Waals surface area contributed by atoms with E-state index in [-0.39, 0.29) is 17.5 Å². The molecule has 0 saturated carbocycles. The summed E-state index contributed by atoms with van der Waals surface area (Å²) in [5.41, 5.74) is 2.12. The lowest BCUT2D eigenvalue weighted by Gasteiger charge is -2.30. The number of rotatable bonds is 3. The van der Waals surface area contributed by atoms with E-state index in [0.717, 1.165) is 24.0 Å². The van der Waals surface area contributed by atoms with Crippen molar-refractivity contribution in [1.29, 1.82) is 0 Å². The van der Waals surface area contributed by atoms with Crippen molar-refractivity contribution in [2.24, 2.45) is 0 Å². The average Bonchev–Trinajstić information content (AvgIpc) is 3.21. The lowest BCUT2D eigenvalue weighted by molar-refractivity contribution is 0.105. The van der Waals surface area contributed by atoms with Crippen LogP contribution in [-0.4, -0.2) is 43.3 Å². The van der Waals surface area contributed by atoms with Gasteiger partial charge in [0.2, 0.25) is 10.0 Å². The zero-order valence-corrected chi connectivity index (χ0v) is 15.4. The number of sulfonamides is 1. The van der Waals surface area contributed by atoms with Crippen LogP contribution in [0.5, 0.6) is 0 Å². The van der Waals surface area contributed by atoms with Gasteiger partial charge in [0.05, 0.1) is 22.3 Å². The van der Waals surface area contributed by atoms with Crippen LogP contribution < -0.4 is 0 Å². The first-order valence-corrected chi connectivity index (χ1v) is 10.5. The molecule has 3 heterocycles. The number of hydrogen-bond acceptors (Lipinski definition) is 3. The van der Waals surface area contributed by atoms with E-state index in [2.05, 4.69) is 0 Å². The molecule has 7 heteroatoms. The van der Waals surface area contributed by atoms with Crippen molar-refractivity contribution >= 4 is 38.8 Å². The van der Waals surface area contributed by atoms with Crippen molar-refractivity contribution < 1.29 is 13.2 Å². The second-order valence-corrected chi connectivity index (χ2v) is 9.63. The predicted octanol–water partition coefficient (Wildman–Crippen LogP) is 3.73. The quantitative estimate of drug-likeness (QED) is 0.793. The molecule has 0 N–H and O–H groups in total. The Labute approximate surface area is 152 Å². The molecule has 3 aliphatic rings. The largest absolute Gasteiger partial charge is 0.374 e. The van der Waals surface area contributed by atoms with Gasteiger partial charge in [-0.05, 0) is 49.0 Å². The molecule has 24 heavy (non-hydrogen) atoms. The fourth-order valence-electron chi connectivity index (χ4n) is 3.94. The molecule has 2 bridgehead atoms. The molecular weight excluding hydrogens is 369 g/mol. The maximum atomic E-state index is 12.9. The SMILES string of the molecule is O=S(=O)(C1CC2CCC1O2)N1CC=C(c2ccc(Cl)c(Cl)c2)CC1. The molecule has 3 atom stereocenters. The highest BCUT2D eigenvalue weighted by molar-refractivity contribution is 7.89. The van der Waals surface area contributed by atoms with E-state index in [1.807, 2.05) is 18.2 Å². The summed E-state index contributed by atoms with van der Waals surface area (Å²) in [5, 5.41) is 0.678. The van der Waals surface area contributed by atoms with Crippen molar-refractivity contribution in [1.82, 2.24) is 4.31 Å². The van der Waals surface area contributed by atoms with Crippen molar-refractivity contribution in [2.45, 2.75) is 43.1 Å². The summed E-state index contributed by atoms with van der Waals surface area (Å²) in [6, 6.07) is 5.54. The molecule has 2 saturated heterocycles. The van der Waals surface area contributed by atoms with Crippen molar-refractivity contribution in [3.8, 4) is 0 Å². The molecule has 0 aromatic heterocycles. The predicted molar refractivity (Wildman–Crippen MR) is 95.8 cm³/mol. The van der Waals surface area contributed by atoms with E-state index in [1.165, 1.54) is 0 Å². The minimum atomic E-state index is -3.30. The summed E-state index contributed by atoms with van der Waals surface area (Å²) in [4.78, 5) is 0. The Morgan fingerprint density at radius 3 is 2.58 bits per heavy atom. The summed E-state index contributed by atoms with van der Waals surface area (Å²) in [5.74, 6) is 0. The van der Waals surface area contributed by atoms with E-state index in [0.29, 0.717) is 36.0 Å². The van der Waals surface area contributed by atoms with Crippen LogP contribution in [0.3, 0.4) is 0 Å². The van der Waals surface area contributed by atoms with Gasteiger partial charge in [0.1, 0.15) is 5.25 Å². The van der Waals surface area contributed by atoms with Gasteiger partial charge in [-0.15, -0.1) is 0 Å². The third-order valence-electron chi connectivity index (χ3n) is 5.26. The van der Waals surface area contributed by atoms with Gasteiger partial charge in [-0.1, -0.05) is 35.3 Å². The van der Waals surface area contributed by atoms with Gasteiger partial charge >= 0.3 is 0 Å². The van der Waals surface area contributed by atoms with E-state index in [9.17, 15) is 8.42 Å². The van der Waals surface area contributed by atoms with E-state index in [4.69, 9.17) is 27.9 Å². The Bertz CT molecular complexity index is 793. The van der Waals surface area contributed by atoms with Crippen LogP contribution in [0.25, 0.3) is 5.57 Å². The highest BCUT2D eigenvalue weighted by Crippen LogP contribution is 2.40. The molecule has 2 fully saturated rings. The second-order valence-electron chi connectivity index (χ2n) is 6.66. The molecule has 3 aliphatic heterocycles. The van der Waals surface area contributed by atoms with Crippen molar-refractivity contribution in [3.05, 3.63) is 39.9 Å². The number of fused-ring (bicyclic) bond motifs is 2.